The van der Waals surface area contributed by atoms with Crippen LogP contribution in [0.25, 0.3) is 0 Å². The zero-order valence-electron chi connectivity index (χ0n) is 8.75. The summed E-state index contributed by atoms with van der Waals surface area (Å²) in [4.78, 5) is 10.6. The van der Waals surface area contributed by atoms with Gasteiger partial charge in [0.1, 0.15) is 0 Å². The van der Waals surface area contributed by atoms with Crippen LogP contribution in [0, 0.1) is 11.8 Å². The quantitative estimate of drug-likeness (QED) is 0.698. The number of hydrogen-bond donors (Lipinski definition) is 1. The molecule has 2 unspecified atom stereocenters. The number of aliphatic carboxylic acids is 1. The summed E-state index contributed by atoms with van der Waals surface area (Å²) in [5.41, 5.74) is 2.28. The highest BCUT2D eigenvalue weighted by molar-refractivity contribution is 5.67. The molecule has 14 heavy (non-hydrogen) atoms. The predicted molar refractivity (Wildman–Crippen MR) is 57.0 cm³/mol. The fraction of sp³-hybridized carbons (Fsp3) is 0.583. The lowest BCUT2D eigenvalue weighted by atomic mass is 9.92. The summed E-state index contributed by atoms with van der Waals surface area (Å²) >= 11 is 0. The van der Waals surface area contributed by atoms with E-state index < -0.39 is 5.97 Å². The molecule has 0 radical (unpaired) electrons. The molecule has 2 nitrogen and oxygen atoms in total. The third-order valence-corrected chi connectivity index (χ3v) is 2.93. The van der Waals surface area contributed by atoms with E-state index in [1.165, 1.54) is 0 Å². The molecule has 1 aliphatic carbocycles. The topological polar surface area (TPSA) is 37.3 Å². The number of allylic oxidation sites excluding steroid dienone is 2. The van der Waals surface area contributed by atoms with Crippen LogP contribution in [0.15, 0.2) is 24.3 Å². The Morgan fingerprint density at radius 3 is 2.36 bits per heavy atom. The van der Waals surface area contributed by atoms with Gasteiger partial charge in [0.05, 0.1) is 6.42 Å². The first kappa shape index (κ1) is 11.0. The lowest BCUT2D eigenvalue weighted by Gasteiger charge is -2.13. The zero-order chi connectivity index (χ0) is 10.7. The predicted octanol–water partition coefficient (Wildman–Crippen LogP) is 3.01. The largest absolute Gasteiger partial charge is 0.481 e. The molecule has 0 aromatic rings. The SMILES string of the molecule is C=C(C)CC1CCC(CC(=O)O)C1=C. The highest BCUT2D eigenvalue weighted by atomic mass is 16.4. The minimum atomic E-state index is -0.716. The van der Waals surface area contributed by atoms with Gasteiger partial charge in [-0.1, -0.05) is 17.7 Å². The lowest BCUT2D eigenvalue weighted by molar-refractivity contribution is -0.137. The van der Waals surface area contributed by atoms with E-state index in [0.29, 0.717) is 5.92 Å². The highest BCUT2D eigenvalue weighted by Gasteiger charge is 2.29. The van der Waals surface area contributed by atoms with E-state index in [-0.39, 0.29) is 12.3 Å². The van der Waals surface area contributed by atoms with Crippen molar-refractivity contribution >= 4 is 5.97 Å². The molecule has 78 valence electrons. The second-order valence-corrected chi connectivity index (χ2v) is 4.31. The first-order valence-corrected chi connectivity index (χ1v) is 5.05. The molecule has 0 saturated heterocycles. The van der Waals surface area contributed by atoms with Crippen molar-refractivity contribution in [2.75, 3.05) is 0 Å². The summed E-state index contributed by atoms with van der Waals surface area (Å²) in [7, 11) is 0. The molecule has 2 atom stereocenters. The highest BCUT2D eigenvalue weighted by Crippen LogP contribution is 2.40. The smallest absolute Gasteiger partial charge is 0.303 e. The van der Waals surface area contributed by atoms with E-state index in [0.717, 1.165) is 30.4 Å². The van der Waals surface area contributed by atoms with E-state index in [1.807, 2.05) is 6.92 Å². The molecule has 0 aliphatic heterocycles. The standard InChI is InChI=1S/C12H18O2/c1-8(2)6-10-4-5-11(9(10)3)7-12(13)14/h10-11H,1,3-7H2,2H3,(H,13,14). The third-order valence-electron chi connectivity index (χ3n) is 2.93. The van der Waals surface area contributed by atoms with E-state index in [9.17, 15) is 4.79 Å². The van der Waals surface area contributed by atoms with Gasteiger partial charge in [-0.05, 0) is 38.0 Å². The molecule has 0 aromatic heterocycles. The third kappa shape index (κ3) is 2.72. The molecular weight excluding hydrogens is 176 g/mol. The molecule has 2 heteroatoms. The van der Waals surface area contributed by atoms with Gasteiger partial charge in [-0.2, -0.15) is 0 Å². The van der Waals surface area contributed by atoms with Gasteiger partial charge in [0.15, 0.2) is 0 Å². The normalized spacial score (nSPS) is 26.5. The van der Waals surface area contributed by atoms with Crippen LogP contribution < -0.4 is 0 Å². The maximum absolute atomic E-state index is 10.6. The molecule has 1 fully saturated rings. The summed E-state index contributed by atoms with van der Waals surface area (Å²) < 4.78 is 0. The van der Waals surface area contributed by atoms with Crippen LogP contribution in [-0.2, 0) is 4.79 Å². The Morgan fingerprint density at radius 1 is 1.43 bits per heavy atom. The fourth-order valence-electron chi connectivity index (χ4n) is 2.20. The molecule has 0 aromatic carbocycles. The monoisotopic (exact) mass is 194 g/mol. The Bertz CT molecular complexity index is 239. The Morgan fingerprint density at radius 2 is 1.93 bits per heavy atom. The number of carboxylic acids is 1. The average Bonchev–Trinajstić information content (AvgIpc) is 2.34. The Balaban J connectivity index is 2.51. The molecule has 1 N–H and O–H groups in total. The van der Waals surface area contributed by atoms with Crippen LogP contribution in [0.3, 0.4) is 0 Å². The van der Waals surface area contributed by atoms with Crippen LogP contribution in [0.4, 0.5) is 0 Å². The van der Waals surface area contributed by atoms with Crippen molar-refractivity contribution in [1.29, 1.82) is 0 Å². The Labute approximate surface area is 85.3 Å². The number of hydrogen-bond acceptors (Lipinski definition) is 1. The molecular formula is C12H18O2. The van der Waals surface area contributed by atoms with E-state index in [1.54, 1.807) is 0 Å². The van der Waals surface area contributed by atoms with Crippen LogP contribution in [-0.4, -0.2) is 11.1 Å². The van der Waals surface area contributed by atoms with Gasteiger partial charge in [-0.3, -0.25) is 4.79 Å². The van der Waals surface area contributed by atoms with Crippen molar-refractivity contribution in [3.8, 4) is 0 Å². The summed E-state index contributed by atoms with van der Waals surface area (Å²) in [6.07, 6.45) is 3.26. The van der Waals surface area contributed by atoms with Crippen molar-refractivity contribution in [1.82, 2.24) is 0 Å². The maximum atomic E-state index is 10.6. The molecule has 0 spiro atoms. The second-order valence-electron chi connectivity index (χ2n) is 4.31. The van der Waals surface area contributed by atoms with Crippen molar-refractivity contribution in [2.45, 2.75) is 32.6 Å². The first-order chi connectivity index (χ1) is 6.50. The maximum Gasteiger partial charge on any atom is 0.303 e. The number of carboxylic acid groups (broad SMARTS) is 1. The van der Waals surface area contributed by atoms with Gasteiger partial charge in [0.2, 0.25) is 0 Å². The molecule has 0 bridgehead atoms. The van der Waals surface area contributed by atoms with Crippen molar-refractivity contribution in [3.05, 3.63) is 24.3 Å². The van der Waals surface area contributed by atoms with Gasteiger partial charge >= 0.3 is 5.97 Å². The Hall–Kier alpha value is -1.05. The van der Waals surface area contributed by atoms with Crippen molar-refractivity contribution in [3.63, 3.8) is 0 Å². The molecule has 0 amide bonds. The molecule has 1 rings (SSSR count). The molecule has 0 heterocycles. The van der Waals surface area contributed by atoms with Crippen LogP contribution in [0.5, 0.6) is 0 Å². The Kier molecular flexibility index (Phi) is 3.50. The van der Waals surface area contributed by atoms with Gasteiger partial charge in [-0.25, -0.2) is 0 Å². The van der Waals surface area contributed by atoms with Gasteiger partial charge < -0.3 is 5.11 Å². The summed E-state index contributed by atoms with van der Waals surface area (Å²) in [6, 6.07) is 0. The fourth-order valence-corrected chi connectivity index (χ4v) is 2.20. The van der Waals surface area contributed by atoms with E-state index in [4.69, 9.17) is 5.11 Å². The lowest BCUT2D eigenvalue weighted by Crippen LogP contribution is -2.07. The average molecular weight is 194 g/mol. The second kappa shape index (κ2) is 4.45. The number of rotatable bonds is 4. The number of carbonyl (C=O) groups is 1. The van der Waals surface area contributed by atoms with Gasteiger partial charge in [0.25, 0.3) is 0 Å². The minimum absolute atomic E-state index is 0.192. The van der Waals surface area contributed by atoms with Gasteiger partial charge in [0, 0.05) is 0 Å². The summed E-state index contributed by atoms with van der Waals surface area (Å²) in [5, 5.41) is 8.70. The van der Waals surface area contributed by atoms with Gasteiger partial charge in [-0.15, -0.1) is 6.58 Å². The minimum Gasteiger partial charge on any atom is -0.481 e. The van der Waals surface area contributed by atoms with Crippen molar-refractivity contribution < 1.29 is 9.90 Å². The van der Waals surface area contributed by atoms with E-state index in [2.05, 4.69) is 13.2 Å². The molecule has 1 aliphatic rings. The zero-order valence-corrected chi connectivity index (χ0v) is 8.75. The van der Waals surface area contributed by atoms with Crippen LogP contribution in [0.1, 0.15) is 32.6 Å². The van der Waals surface area contributed by atoms with Crippen molar-refractivity contribution in [2.24, 2.45) is 11.8 Å². The summed E-state index contributed by atoms with van der Waals surface area (Å²) in [6.45, 7) is 9.91. The summed E-state index contributed by atoms with van der Waals surface area (Å²) in [5.74, 6) is -0.0548. The molecule has 1 saturated carbocycles. The van der Waals surface area contributed by atoms with Crippen LogP contribution >= 0.6 is 0 Å². The first-order valence-electron chi connectivity index (χ1n) is 5.05. The van der Waals surface area contributed by atoms with Crippen LogP contribution in [0.2, 0.25) is 0 Å². The van der Waals surface area contributed by atoms with E-state index >= 15 is 0 Å².